The van der Waals surface area contributed by atoms with E-state index in [-0.39, 0.29) is 10.3 Å². The van der Waals surface area contributed by atoms with Crippen molar-refractivity contribution in [2.45, 2.75) is 46.4 Å². The van der Waals surface area contributed by atoms with E-state index < -0.39 is 22.5 Å². The maximum atomic E-state index is 13.4. The highest BCUT2D eigenvalue weighted by Crippen LogP contribution is 2.29. The molecule has 0 aromatic heterocycles. The van der Waals surface area contributed by atoms with Gasteiger partial charge in [-0.3, -0.25) is 9.10 Å². The standard InChI is InChI=1S/C22H28ClN3O3S/c1-15-7-10-19(11-8-15)30(28,29)26(20-12-9-18(23)13-16(20)2)14-21(27)25-24-17(3)22(4,5)6/h7-13H,14H2,1-6H3,(H,25,27)/b24-17+. The Morgan fingerprint density at radius 3 is 2.23 bits per heavy atom. The maximum Gasteiger partial charge on any atom is 0.264 e. The summed E-state index contributed by atoms with van der Waals surface area (Å²) in [6, 6.07) is 11.4. The van der Waals surface area contributed by atoms with Crippen LogP contribution in [0.2, 0.25) is 5.02 Å². The SMILES string of the molecule is C/C(=N\NC(=O)CN(c1ccc(Cl)cc1C)S(=O)(=O)c1ccc(C)cc1)C(C)(C)C. The molecule has 0 saturated carbocycles. The number of anilines is 1. The van der Waals surface area contributed by atoms with E-state index in [0.717, 1.165) is 15.6 Å². The predicted octanol–water partition coefficient (Wildman–Crippen LogP) is 4.69. The van der Waals surface area contributed by atoms with Crippen LogP contribution < -0.4 is 9.73 Å². The lowest BCUT2D eigenvalue weighted by Gasteiger charge is -2.25. The third kappa shape index (κ3) is 5.83. The van der Waals surface area contributed by atoms with E-state index in [4.69, 9.17) is 11.6 Å². The van der Waals surface area contributed by atoms with E-state index in [1.807, 2.05) is 34.6 Å². The van der Waals surface area contributed by atoms with Gasteiger partial charge < -0.3 is 0 Å². The minimum Gasteiger partial charge on any atom is -0.271 e. The summed E-state index contributed by atoms with van der Waals surface area (Å²) in [5, 5.41) is 4.60. The molecule has 2 aromatic rings. The Morgan fingerprint density at radius 1 is 1.10 bits per heavy atom. The van der Waals surface area contributed by atoms with Crippen LogP contribution in [0.4, 0.5) is 5.69 Å². The normalized spacial score (nSPS) is 12.6. The Balaban J connectivity index is 2.44. The number of sulfonamides is 1. The predicted molar refractivity (Wildman–Crippen MR) is 123 cm³/mol. The fourth-order valence-corrected chi connectivity index (χ4v) is 4.23. The summed E-state index contributed by atoms with van der Waals surface area (Å²) in [5.74, 6) is -0.538. The van der Waals surface area contributed by atoms with Gasteiger partial charge in [-0.1, -0.05) is 50.1 Å². The third-order valence-electron chi connectivity index (χ3n) is 4.76. The summed E-state index contributed by atoms with van der Waals surface area (Å²) in [6.07, 6.45) is 0. The van der Waals surface area contributed by atoms with Crippen molar-refractivity contribution >= 4 is 38.9 Å². The lowest BCUT2D eigenvalue weighted by molar-refractivity contribution is -0.119. The van der Waals surface area contributed by atoms with Crippen molar-refractivity contribution in [2.24, 2.45) is 10.5 Å². The van der Waals surface area contributed by atoms with E-state index >= 15 is 0 Å². The molecule has 1 N–H and O–H groups in total. The van der Waals surface area contributed by atoms with Crippen molar-refractivity contribution in [3.63, 3.8) is 0 Å². The quantitative estimate of drug-likeness (QED) is 0.513. The van der Waals surface area contributed by atoms with E-state index in [1.54, 1.807) is 37.3 Å². The van der Waals surface area contributed by atoms with Gasteiger partial charge in [-0.2, -0.15) is 5.10 Å². The summed E-state index contributed by atoms with van der Waals surface area (Å²) in [5.41, 5.74) is 4.94. The van der Waals surface area contributed by atoms with Crippen LogP contribution in [0.3, 0.4) is 0 Å². The first-order valence-electron chi connectivity index (χ1n) is 9.51. The number of carbonyl (C=O) groups is 1. The molecule has 162 valence electrons. The molecule has 0 fully saturated rings. The van der Waals surface area contributed by atoms with Crippen LogP contribution in [-0.2, 0) is 14.8 Å². The number of rotatable bonds is 6. The van der Waals surface area contributed by atoms with Gasteiger partial charge in [0.1, 0.15) is 6.54 Å². The first-order valence-corrected chi connectivity index (χ1v) is 11.3. The largest absolute Gasteiger partial charge is 0.271 e. The minimum atomic E-state index is -3.99. The number of hydrogen-bond acceptors (Lipinski definition) is 4. The number of halogens is 1. The van der Waals surface area contributed by atoms with Crippen molar-refractivity contribution < 1.29 is 13.2 Å². The smallest absolute Gasteiger partial charge is 0.264 e. The van der Waals surface area contributed by atoms with E-state index in [0.29, 0.717) is 16.3 Å². The summed E-state index contributed by atoms with van der Waals surface area (Å²) in [6.45, 7) is 10.9. The lowest BCUT2D eigenvalue weighted by Crippen LogP contribution is -2.40. The molecular weight excluding hydrogens is 422 g/mol. The van der Waals surface area contributed by atoms with Crippen LogP contribution in [0, 0.1) is 19.3 Å². The average molecular weight is 450 g/mol. The zero-order valence-corrected chi connectivity index (χ0v) is 19.7. The number of aryl methyl sites for hydroxylation is 2. The number of nitrogens with zero attached hydrogens (tertiary/aromatic N) is 2. The molecule has 0 saturated heterocycles. The fraction of sp³-hybridized carbons (Fsp3) is 0.364. The summed E-state index contributed by atoms with van der Waals surface area (Å²) in [4.78, 5) is 12.7. The Hall–Kier alpha value is -2.38. The number of carbonyl (C=O) groups excluding carboxylic acids is 1. The van der Waals surface area contributed by atoms with Crippen LogP contribution in [0.15, 0.2) is 52.5 Å². The summed E-state index contributed by atoms with van der Waals surface area (Å²) in [7, 11) is -3.99. The van der Waals surface area contributed by atoms with Crippen molar-refractivity contribution in [3.8, 4) is 0 Å². The van der Waals surface area contributed by atoms with Crippen LogP contribution in [0.25, 0.3) is 0 Å². The van der Waals surface area contributed by atoms with Gasteiger partial charge in [0.2, 0.25) is 0 Å². The molecule has 0 aliphatic heterocycles. The second kappa shape index (κ2) is 9.18. The molecule has 0 spiro atoms. The second-order valence-electron chi connectivity index (χ2n) is 8.24. The summed E-state index contributed by atoms with van der Waals surface area (Å²) < 4.78 is 27.9. The molecule has 2 rings (SSSR count). The zero-order chi connectivity index (χ0) is 22.7. The number of nitrogens with one attached hydrogen (secondary N) is 1. The Bertz CT molecular complexity index is 1060. The number of benzene rings is 2. The van der Waals surface area contributed by atoms with Crippen molar-refractivity contribution in [1.82, 2.24) is 5.43 Å². The van der Waals surface area contributed by atoms with Gasteiger partial charge in [-0.15, -0.1) is 0 Å². The van der Waals surface area contributed by atoms with Crippen LogP contribution in [0.1, 0.15) is 38.8 Å². The topological polar surface area (TPSA) is 78.8 Å². The summed E-state index contributed by atoms with van der Waals surface area (Å²) >= 11 is 6.04. The van der Waals surface area contributed by atoms with Crippen LogP contribution >= 0.6 is 11.6 Å². The average Bonchev–Trinajstić information content (AvgIpc) is 2.64. The van der Waals surface area contributed by atoms with Crippen LogP contribution in [0.5, 0.6) is 0 Å². The highest BCUT2D eigenvalue weighted by molar-refractivity contribution is 7.92. The molecule has 0 aliphatic rings. The lowest BCUT2D eigenvalue weighted by atomic mass is 9.91. The fourth-order valence-electron chi connectivity index (χ4n) is 2.52. The van der Waals surface area contributed by atoms with Gasteiger partial charge in [0.25, 0.3) is 15.9 Å². The molecule has 0 bridgehead atoms. The first-order chi connectivity index (χ1) is 13.8. The molecule has 0 heterocycles. The first kappa shape index (κ1) is 23.9. The van der Waals surface area contributed by atoms with Gasteiger partial charge in [-0.05, 0) is 56.7 Å². The monoisotopic (exact) mass is 449 g/mol. The molecule has 0 aliphatic carbocycles. The van der Waals surface area contributed by atoms with Crippen molar-refractivity contribution in [2.75, 3.05) is 10.8 Å². The maximum absolute atomic E-state index is 13.4. The molecule has 0 unspecified atom stereocenters. The van der Waals surface area contributed by atoms with E-state index in [9.17, 15) is 13.2 Å². The molecule has 1 amide bonds. The zero-order valence-electron chi connectivity index (χ0n) is 18.2. The Labute approximate surface area is 184 Å². The van der Waals surface area contributed by atoms with Crippen molar-refractivity contribution in [1.29, 1.82) is 0 Å². The van der Waals surface area contributed by atoms with E-state index in [2.05, 4.69) is 10.5 Å². The van der Waals surface area contributed by atoms with Gasteiger partial charge in [0.15, 0.2) is 0 Å². The van der Waals surface area contributed by atoms with Gasteiger partial charge >= 0.3 is 0 Å². The van der Waals surface area contributed by atoms with Gasteiger partial charge in [-0.25, -0.2) is 13.8 Å². The van der Waals surface area contributed by atoms with E-state index in [1.165, 1.54) is 12.1 Å². The number of amides is 1. The molecule has 8 heteroatoms. The third-order valence-corrected chi connectivity index (χ3v) is 6.77. The number of hydrazone groups is 1. The molecule has 2 aromatic carbocycles. The minimum absolute atomic E-state index is 0.102. The van der Waals surface area contributed by atoms with Gasteiger partial charge in [0, 0.05) is 16.1 Å². The molecule has 0 atom stereocenters. The second-order valence-corrected chi connectivity index (χ2v) is 10.5. The van der Waals surface area contributed by atoms with Crippen LogP contribution in [-0.4, -0.2) is 26.6 Å². The Kier molecular flexibility index (Phi) is 7.31. The van der Waals surface area contributed by atoms with Crippen molar-refractivity contribution in [3.05, 3.63) is 58.6 Å². The molecular formula is C22H28ClN3O3S. The molecule has 6 nitrogen and oxygen atoms in total. The van der Waals surface area contributed by atoms with Gasteiger partial charge in [0.05, 0.1) is 10.6 Å². The number of hydrogen-bond donors (Lipinski definition) is 1. The highest BCUT2D eigenvalue weighted by atomic mass is 35.5. The highest BCUT2D eigenvalue weighted by Gasteiger charge is 2.28. The molecule has 0 radical (unpaired) electrons. The Morgan fingerprint density at radius 2 is 1.70 bits per heavy atom. The molecule has 30 heavy (non-hydrogen) atoms.